The third-order valence-corrected chi connectivity index (χ3v) is 5.57. The number of benzene rings is 2. The van der Waals surface area contributed by atoms with Crippen molar-refractivity contribution in [2.75, 3.05) is 10.2 Å². The minimum Gasteiger partial charge on any atom is -0.357 e. The number of carbonyl (C=O) groups excluding carboxylic acids is 2. The van der Waals surface area contributed by atoms with E-state index in [-0.39, 0.29) is 17.7 Å². The van der Waals surface area contributed by atoms with Gasteiger partial charge in [-0.15, -0.1) is 0 Å². The summed E-state index contributed by atoms with van der Waals surface area (Å²) < 4.78 is 0. The second-order valence-corrected chi connectivity index (χ2v) is 7.49. The summed E-state index contributed by atoms with van der Waals surface area (Å²) in [6, 6.07) is 17.5. The van der Waals surface area contributed by atoms with Crippen LogP contribution in [0.3, 0.4) is 0 Å². The van der Waals surface area contributed by atoms with E-state index in [9.17, 15) is 9.59 Å². The van der Waals surface area contributed by atoms with E-state index in [0.717, 1.165) is 53.9 Å². The van der Waals surface area contributed by atoms with Gasteiger partial charge in [-0.3, -0.25) is 14.5 Å². The minimum atomic E-state index is -0.385. The largest absolute Gasteiger partial charge is 0.357 e. The molecule has 0 radical (unpaired) electrons. The van der Waals surface area contributed by atoms with E-state index >= 15 is 0 Å². The molecule has 0 saturated heterocycles. The fraction of sp³-hybridized carbons (Fsp3) is 0.333. The SMILES string of the molecule is CCCCC(=O)N1c2ccccc2NC2=C(C(=O)CCC2)[C@@H]1c1ccccc1. The van der Waals surface area contributed by atoms with Gasteiger partial charge in [-0.2, -0.15) is 0 Å². The molecular weight excluding hydrogens is 348 g/mol. The number of para-hydroxylation sites is 2. The molecule has 0 spiro atoms. The van der Waals surface area contributed by atoms with Crippen LogP contribution in [0.25, 0.3) is 0 Å². The number of ketones is 1. The summed E-state index contributed by atoms with van der Waals surface area (Å²) in [5.74, 6) is 0.209. The van der Waals surface area contributed by atoms with E-state index in [1.165, 1.54) is 0 Å². The van der Waals surface area contributed by atoms with E-state index in [2.05, 4.69) is 12.2 Å². The number of nitrogens with one attached hydrogen (secondary N) is 1. The van der Waals surface area contributed by atoms with Crippen molar-refractivity contribution in [2.45, 2.75) is 51.5 Å². The first-order valence-electron chi connectivity index (χ1n) is 10.2. The summed E-state index contributed by atoms with van der Waals surface area (Å²) in [5, 5.41) is 3.50. The van der Waals surface area contributed by atoms with Gasteiger partial charge in [-0.1, -0.05) is 55.8 Å². The van der Waals surface area contributed by atoms with Crippen LogP contribution in [0.2, 0.25) is 0 Å². The predicted molar refractivity (Wildman–Crippen MR) is 112 cm³/mol. The summed E-state index contributed by atoms with van der Waals surface area (Å²) in [6.07, 6.45) is 4.49. The van der Waals surface area contributed by atoms with Crippen LogP contribution in [0.15, 0.2) is 65.9 Å². The van der Waals surface area contributed by atoms with Crippen LogP contribution in [0, 0.1) is 0 Å². The Morgan fingerprint density at radius 1 is 1.07 bits per heavy atom. The first-order valence-corrected chi connectivity index (χ1v) is 10.2. The number of fused-ring (bicyclic) bond motifs is 1. The van der Waals surface area contributed by atoms with Gasteiger partial charge in [0.15, 0.2) is 5.78 Å². The molecular formula is C24H26N2O2. The van der Waals surface area contributed by atoms with Crippen LogP contribution < -0.4 is 10.2 Å². The standard InChI is InChI=1S/C24H26N2O2/c1-2-3-16-22(28)26-20-14-8-7-12-18(20)25-19-13-9-15-21(27)23(19)24(26)17-10-5-4-6-11-17/h4-8,10-12,14,24-25H,2-3,9,13,15-16H2,1H3/t24-/m0/s1. The number of anilines is 2. The molecule has 4 nitrogen and oxygen atoms in total. The lowest BCUT2D eigenvalue weighted by atomic mass is 9.85. The van der Waals surface area contributed by atoms with Crippen molar-refractivity contribution in [2.24, 2.45) is 0 Å². The first kappa shape index (κ1) is 18.5. The number of rotatable bonds is 4. The van der Waals surface area contributed by atoms with Crippen LogP contribution in [0.1, 0.15) is 57.1 Å². The summed E-state index contributed by atoms with van der Waals surface area (Å²) in [4.78, 5) is 28.3. The summed E-state index contributed by atoms with van der Waals surface area (Å²) >= 11 is 0. The molecule has 0 fully saturated rings. The molecule has 0 bridgehead atoms. The highest BCUT2D eigenvalue weighted by atomic mass is 16.2. The van der Waals surface area contributed by atoms with E-state index in [0.29, 0.717) is 12.8 Å². The molecule has 4 heteroatoms. The molecule has 0 aromatic heterocycles. The Bertz CT molecular complexity index is 917. The normalized spacial score (nSPS) is 18.8. The highest BCUT2D eigenvalue weighted by Gasteiger charge is 2.38. The van der Waals surface area contributed by atoms with Gasteiger partial charge in [0.2, 0.25) is 5.91 Å². The molecule has 144 valence electrons. The Balaban J connectivity index is 1.94. The van der Waals surface area contributed by atoms with Crippen molar-refractivity contribution in [3.63, 3.8) is 0 Å². The molecule has 0 saturated carbocycles. The van der Waals surface area contributed by atoms with Gasteiger partial charge in [-0.25, -0.2) is 0 Å². The number of amides is 1. The van der Waals surface area contributed by atoms with Gasteiger partial charge >= 0.3 is 0 Å². The smallest absolute Gasteiger partial charge is 0.227 e. The summed E-state index contributed by atoms with van der Waals surface area (Å²) in [7, 11) is 0. The lowest BCUT2D eigenvalue weighted by Gasteiger charge is -2.34. The Labute approximate surface area is 166 Å². The van der Waals surface area contributed by atoms with Crippen molar-refractivity contribution in [3.05, 3.63) is 71.4 Å². The quantitative estimate of drug-likeness (QED) is 0.781. The van der Waals surface area contributed by atoms with Crippen molar-refractivity contribution in [1.29, 1.82) is 0 Å². The molecule has 2 aromatic carbocycles. The molecule has 28 heavy (non-hydrogen) atoms. The van der Waals surface area contributed by atoms with Crippen LogP contribution in [0.4, 0.5) is 11.4 Å². The van der Waals surface area contributed by atoms with Crippen molar-refractivity contribution >= 4 is 23.1 Å². The molecule has 1 aliphatic heterocycles. The van der Waals surface area contributed by atoms with E-state index in [4.69, 9.17) is 0 Å². The number of allylic oxidation sites excluding steroid dienone is 1. The minimum absolute atomic E-state index is 0.0667. The first-order chi connectivity index (χ1) is 13.7. The fourth-order valence-electron chi connectivity index (χ4n) is 4.21. The maximum absolute atomic E-state index is 13.4. The maximum atomic E-state index is 13.4. The Kier molecular flexibility index (Phi) is 5.29. The second-order valence-electron chi connectivity index (χ2n) is 7.49. The van der Waals surface area contributed by atoms with Crippen molar-refractivity contribution in [1.82, 2.24) is 0 Å². The predicted octanol–water partition coefficient (Wildman–Crippen LogP) is 5.38. The fourth-order valence-corrected chi connectivity index (χ4v) is 4.21. The van der Waals surface area contributed by atoms with Crippen LogP contribution in [0.5, 0.6) is 0 Å². The zero-order valence-electron chi connectivity index (χ0n) is 16.3. The topological polar surface area (TPSA) is 49.4 Å². The second kappa shape index (κ2) is 8.01. The number of carbonyl (C=O) groups is 2. The number of hydrogen-bond donors (Lipinski definition) is 1. The van der Waals surface area contributed by atoms with E-state index in [1.54, 1.807) is 0 Å². The summed E-state index contributed by atoms with van der Waals surface area (Å²) in [5.41, 5.74) is 4.43. The zero-order chi connectivity index (χ0) is 19.5. The van der Waals surface area contributed by atoms with Gasteiger partial charge < -0.3 is 5.32 Å². The summed E-state index contributed by atoms with van der Waals surface area (Å²) in [6.45, 7) is 2.09. The van der Waals surface area contributed by atoms with E-state index in [1.807, 2.05) is 59.5 Å². The molecule has 1 atom stereocenters. The monoisotopic (exact) mass is 374 g/mol. The molecule has 2 aliphatic rings. The number of hydrogen-bond acceptors (Lipinski definition) is 3. The van der Waals surface area contributed by atoms with Gasteiger partial charge in [0.05, 0.1) is 17.4 Å². The molecule has 1 N–H and O–H groups in total. The van der Waals surface area contributed by atoms with Crippen LogP contribution >= 0.6 is 0 Å². The third kappa shape index (κ3) is 3.35. The van der Waals surface area contributed by atoms with E-state index < -0.39 is 0 Å². The third-order valence-electron chi connectivity index (χ3n) is 5.57. The Morgan fingerprint density at radius 2 is 1.82 bits per heavy atom. The number of Topliss-reactive ketones (excluding diaryl/α,β-unsaturated/α-hetero) is 1. The number of unbranched alkanes of at least 4 members (excludes halogenated alkanes) is 1. The molecule has 0 unspecified atom stereocenters. The van der Waals surface area contributed by atoms with Gasteiger partial charge in [-0.05, 0) is 37.0 Å². The highest BCUT2D eigenvalue weighted by Crippen LogP contribution is 2.44. The zero-order valence-corrected chi connectivity index (χ0v) is 16.3. The molecule has 1 heterocycles. The highest BCUT2D eigenvalue weighted by molar-refractivity contribution is 6.06. The number of nitrogens with zero attached hydrogens (tertiary/aromatic N) is 1. The lowest BCUT2D eigenvalue weighted by Crippen LogP contribution is -2.37. The average Bonchev–Trinajstić information content (AvgIpc) is 2.87. The van der Waals surface area contributed by atoms with Crippen LogP contribution in [-0.2, 0) is 9.59 Å². The van der Waals surface area contributed by atoms with Gasteiger partial charge in [0.1, 0.15) is 0 Å². The lowest BCUT2D eigenvalue weighted by molar-refractivity contribution is -0.119. The van der Waals surface area contributed by atoms with Crippen LogP contribution in [-0.4, -0.2) is 11.7 Å². The average molecular weight is 374 g/mol. The maximum Gasteiger partial charge on any atom is 0.227 e. The molecule has 2 aromatic rings. The Morgan fingerprint density at radius 3 is 2.61 bits per heavy atom. The molecule has 1 aliphatic carbocycles. The van der Waals surface area contributed by atoms with Gasteiger partial charge in [0.25, 0.3) is 0 Å². The molecule has 4 rings (SSSR count). The molecule has 1 amide bonds. The van der Waals surface area contributed by atoms with Crippen molar-refractivity contribution < 1.29 is 9.59 Å². The van der Waals surface area contributed by atoms with Crippen molar-refractivity contribution in [3.8, 4) is 0 Å². The Hall–Kier alpha value is -2.88. The van der Waals surface area contributed by atoms with Gasteiger partial charge in [0, 0.05) is 24.1 Å².